The lowest BCUT2D eigenvalue weighted by atomic mass is 10.1. The summed E-state index contributed by atoms with van der Waals surface area (Å²) in [5.74, 6) is -3.77. The second-order valence-electron chi connectivity index (χ2n) is 2.95. The summed E-state index contributed by atoms with van der Waals surface area (Å²) >= 11 is 0. The van der Waals surface area contributed by atoms with Gasteiger partial charge in [0, 0.05) is 12.0 Å². The van der Waals surface area contributed by atoms with E-state index in [1.165, 1.54) is 0 Å². The number of benzene rings is 1. The zero-order valence-corrected chi connectivity index (χ0v) is 7.67. The van der Waals surface area contributed by atoms with Crippen LogP contribution in [0.5, 0.6) is 0 Å². The first-order chi connectivity index (χ1) is 7.00. The Morgan fingerprint density at radius 3 is 2.33 bits per heavy atom. The molecule has 0 atom stereocenters. The summed E-state index contributed by atoms with van der Waals surface area (Å²) < 4.78 is 25.2. The SMILES string of the molecule is O=C(O)CCC(=O)c1ccc(F)c(F)c1. The maximum Gasteiger partial charge on any atom is 0.303 e. The summed E-state index contributed by atoms with van der Waals surface area (Å²) in [5.41, 5.74) is -0.0184. The average Bonchev–Trinajstić information content (AvgIpc) is 2.18. The van der Waals surface area contributed by atoms with E-state index < -0.39 is 23.4 Å². The van der Waals surface area contributed by atoms with Crippen LogP contribution in [0, 0.1) is 11.6 Å². The normalized spacial score (nSPS) is 10.0. The Kier molecular flexibility index (Phi) is 3.49. The van der Waals surface area contributed by atoms with E-state index in [9.17, 15) is 18.4 Å². The van der Waals surface area contributed by atoms with Gasteiger partial charge in [-0.25, -0.2) is 8.78 Å². The molecule has 1 aromatic rings. The first-order valence-electron chi connectivity index (χ1n) is 4.20. The van der Waals surface area contributed by atoms with Gasteiger partial charge >= 0.3 is 5.97 Å². The average molecular weight is 214 g/mol. The monoisotopic (exact) mass is 214 g/mol. The largest absolute Gasteiger partial charge is 0.481 e. The topological polar surface area (TPSA) is 54.4 Å². The number of carbonyl (C=O) groups excluding carboxylic acids is 1. The minimum atomic E-state index is -1.11. The molecule has 0 aromatic heterocycles. The smallest absolute Gasteiger partial charge is 0.303 e. The van der Waals surface area contributed by atoms with E-state index >= 15 is 0 Å². The van der Waals surface area contributed by atoms with Gasteiger partial charge in [0.05, 0.1) is 6.42 Å². The van der Waals surface area contributed by atoms with Gasteiger partial charge in [-0.3, -0.25) is 9.59 Å². The minimum absolute atomic E-state index is 0.0184. The van der Waals surface area contributed by atoms with Crippen LogP contribution < -0.4 is 0 Å². The molecular weight excluding hydrogens is 206 g/mol. The lowest BCUT2D eigenvalue weighted by Crippen LogP contribution is -2.04. The summed E-state index contributed by atoms with van der Waals surface area (Å²) in [6, 6.07) is 2.73. The molecule has 0 amide bonds. The van der Waals surface area contributed by atoms with Crippen molar-refractivity contribution in [3.63, 3.8) is 0 Å². The molecule has 80 valence electrons. The van der Waals surface area contributed by atoms with Gasteiger partial charge in [0.2, 0.25) is 0 Å². The number of ketones is 1. The summed E-state index contributed by atoms with van der Waals surface area (Å²) in [6.07, 6.45) is -0.543. The molecule has 0 saturated carbocycles. The molecule has 0 unspecified atom stereocenters. The molecule has 1 rings (SSSR count). The lowest BCUT2D eigenvalue weighted by Gasteiger charge is -1.99. The highest BCUT2D eigenvalue weighted by molar-refractivity contribution is 5.97. The first-order valence-corrected chi connectivity index (χ1v) is 4.20. The van der Waals surface area contributed by atoms with Gasteiger partial charge in [0.15, 0.2) is 17.4 Å². The Morgan fingerprint density at radius 1 is 1.13 bits per heavy atom. The van der Waals surface area contributed by atoms with Crippen molar-refractivity contribution in [2.45, 2.75) is 12.8 Å². The van der Waals surface area contributed by atoms with Crippen LogP contribution in [0.25, 0.3) is 0 Å². The van der Waals surface area contributed by atoms with Crippen LogP contribution >= 0.6 is 0 Å². The Labute approximate surface area is 84.3 Å². The van der Waals surface area contributed by atoms with Crippen molar-refractivity contribution in [3.8, 4) is 0 Å². The molecule has 0 fully saturated rings. The predicted molar refractivity (Wildman–Crippen MR) is 47.6 cm³/mol. The van der Waals surface area contributed by atoms with Gasteiger partial charge in [0.1, 0.15) is 0 Å². The van der Waals surface area contributed by atoms with Crippen molar-refractivity contribution < 1.29 is 23.5 Å². The van der Waals surface area contributed by atoms with Gasteiger partial charge < -0.3 is 5.11 Å². The van der Waals surface area contributed by atoms with Crippen LogP contribution in [0.15, 0.2) is 18.2 Å². The van der Waals surface area contributed by atoms with E-state index in [2.05, 4.69) is 0 Å². The zero-order chi connectivity index (χ0) is 11.4. The highest BCUT2D eigenvalue weighted by Gasteiger charge is 2.11. The van der Waals surface area contributed by atoms with E-state index in [0.717, 1.165) is 18.2 Å². The molecule has 0 spiro atoms. The number of carboxylic acid groups (broad SMARTS) is 1. The fourth-order valence-electron chi connectivity index (χ4n) is 1.03. The van der Waals surface area contributed by atoms with Gasteiger partial charge in [-0.05, 0) is 18.2 Å². The lowest BCUT2D eigenvalue weighted by molar-refractivity contribution is -0.136. The Bertz CT molecular complexity index is 402. The highest BCUT2D eigenvalue weighted by Crippen LogP contribution is 2.11. The molecular formula is C10H8F2O3. The fourth-order valence-corrected chi connectivity index (χ4v) is 1.03. The van der Waals surface area contributed by atoms with E-state index in [4.69, 9.17) is 5.11 Å². The van der Waals surface area contributed by atoms with Gasteiger partial charge in [0.25, 0.3) is 0 Å². The Hall–Kier alpha value is -1.78. The number of Topliss-reactive ketones (excluding diaryl/α,β-unsaturated/α-hetero) is 1. The summed E-state index contributed by atoms with van der Waals surface area (Å²) in [4.78, 5) is 21.4. The van der Waals surface area contributed by atoms with Crippen molar-refractivity contribution in [2.24, 2.45) is 0 Å². The first kappa shape index (κ1) is 11.3. The van der Waals surface area contributed by atoms with Crippen molar-refractivity contribution in [2.75, 3.05) is 0 Å². The molecule has 0 bridgehead atoms. The predicted octanol–water partition coefficient (Wildman–Crippen LogP) is 2.01. The minimum Gasteiger partial charge on any atom is -0.481 e. The Morgan fingerprint density at radius 2 is 1.80 bits per heavy atom. The molecule has 0 aliphatic carbocycles. The third-order valence-corrected chi connectivity index (χ3v) is 1.81. The molecule has 1 N–H and O–H groups in total. The van der Waals surface area contributed by atoms with Gasteiger partial charge in [-0.2, -0.15) is 0 Å². The maximum absolute atomic E-state index is 12.7. The number of rotatable bonds is 4. The quantitative estimate of drug-likeness (QED) is 0.780. The van der Waals surface area contributed by atoms with E-state index in [1.807, 2.05) is 0 Å². The van der Waals surface area contributed by atoms with Gasteiger partial charge in [-0.1, -0.05) is 0 Å². The molecule has 0 radical (unpaired) electrons. The van der Waals surface area contributed by atoms with Crippen LogP contribution in [0.3, 0.4) is 0 Å². The van der Waals surface area contributed by atoms with Crippen LogP contribution in [-0.2, 0) is 4.79 Å². The summed E-state index contributed by atoms with van der Waals surface area (Å²) in [5, 5.41) is 8.32. The number of hydrogen-bond donors (Lipinski definition) is 1. The van der Waals surface area contributed by atoms with Crippen molar-refractivity contribution in [1.82, 2.24) is 0 Å². The van der Waals surface area contributed by atoms with Crippen LogP contribution in [0.4, 0.5) is 8.78 Å². The number of carboxylic acids is 1. The standard InChI is InChI=1S/C10H8F2O3/c11-7-2-1-6(5-8(7)12)9(13)3-4-10(14)15/h1-2,5H,3-4H2,(H,14,15). The molecule has 0 aliphatic rings. The zero-order valence-electron chi connectivity index (χ0n) is 7.67. The number of hydrogen-bond acceptors (Lipinski definition) is 2. The third kappa shape index (κ3) is 3.12. The third-order valence-electron chi connectivity index (χ3n) is 1.81. The summed E-state index contributed by atoms with van der Waals surface area (Å²) in [6.45, 7) is 0. The molecule has 0 saturated heterocycles. The molecule has 5 heteroatoms. The van der Waals surface area contributed by atoms with Crippen LogP contribution in [-0.4, -0.2) is 16.9 Å². The van der Waals surface area contributed by atoms with Crippen molar-refractivity contribution in [1.29, 1.82) is 0 Å². The molecule has 0 aliphatic heterocycles. The van der Waals surface area contributed by atoms with Crippen LogP contribution in [0.1, 0.15) is 23.2 Å². The maximum atomic E-state index is 12.7. The second kappa shape index (κ2) is 4.63. The van der Waals surface area contributed by atoms with Crippen molar-refractivity contribution in [3.05, 3.63) is 35.4 Å². The fraction of sp³-hybridized carbons (Fsp3) is 0.200. The summed E-state index contributed by atoms with van der Waals surface area (Å²) in [7, 11) is 0. The van der Waals surface area contributed by atoms with E-state index in [1.54, 1.807) is 0 Å². The van der Waals surface area contributed by atoms with Crippen LogP contribution in [0.2, 0.25) is 0 Å². The number of halogens is 2. The molecule has 0 heterocycles. The number of aliphatic carboxylic acids is 1. The van der Waals surface area contributed by atoms with E-state index in [-0.39, 0.29) is 18.4 Å². The molecule has 15 heavy (non-hydrogen) atoms. The van der Waals surface area contributed by atoms with Crippen molar-refractivity contribution >= 4 is 11.8 Å². The Balaban J connectivity index is 2.74. The number of carbonyl (C=O) groups is 2. The highest BCUT2D eigenvalue weighted by atomic mass is 19.2. The molecule has 1 aromatic carbocycles. The molecule has 3 nitrogen and oxygen atoms in total. The second-order valence-corrected chi connectivity index (χ2v) is 2.95. The van der Waals surface area contributed by atoms with E-state index in [0.29, 0.717) is 0 Å². The van der Waals surface area contributed by atoms with Gasteiger partial charge in [-0.15, -0.1) is 0 Å².